The van der Waals surface area contributed by atoms with Crippen molar-refractivity contribution >= 4 is 5.97 Å². The maximum atomic E-state index is 8.89. The van der Waals surface area contributed by atoms with Crippen LogP contribution < -0.4 is 9.67 Å². The minimum absolute atomic E-state index is 0.140. The van der Waals surface area contributed by atoms with Gasteiger partial charge in [0.25, 0.3) is 0 Å². The van der Waals surface area contributed by atoms with E-state index in [1.807, 2.05) is 0 Å². The number of carbonyl (C=O) groups excluding carboxylic acids is 1. The van der Waals surface area contributed by atoms with Gasteiger partial charge < -0.3 is 9.90 Å². The Morgan fingerprint density at radius 2 is 1.32 bits per heavy atom. The monoisotopic (exact) mass is 352 g/mol. The third kappa shape index (κ3) is 9.66. The summed E-state index contributed by atoms with van der Waals surface area (Å²) in [5.74, 6) is -1.08. The predicted molar refractivity (Wildman–Crippen MR) is 102 cm³/mol. The molecule has 1 aromatic heterocycles. The highest BCUT2D eigenvalue weighted by molar-refractivity contribution is 5.60. The van der Waals surface area contributed by atoms with Crippen LogP contribution in [-0.2, 0) is 15.9 Å². The molecule has 146 valence electrons. The molecule has 25 heavy (non-hydrogen) atoms. The van der Waals surface area contributed by atoms with Crippen LogP contribution in [0.4, 0.5) is 0 Å². The number of nitrogens with zero attached hydrogens (tertiary/aromatic N) is 2. The first-order valence-corrected chi connectivity index (χ1v) is 9.14. The third-order valence-corrected chi connectivity index (χ3v) is 3.96. The number of hydrogen-bond donors (Lipinski definition) is 0. The highest BCUT2D eigenvalue weighted by atomic mass is 16.4. The number of carboxylic acid groups (broad SMARTS) is 1. The van der Waals surface area contributed by atoms with Gasteiger partial charge in [0.1, 0.15) is 23.5 Å². The average molecular weight is 353 g/mol. The van der Waals surface area contributed by atoms with Gasteiger partial charge in [0.15, 0.2) is 0 Å². The molecule has 4 heteroatoms. The normalized spacial score (nSPS) is 13.2. The molecule has 0 amide bonds. The van der Waals surface area contributed by atoms with E-state index in [0.717, 1.165) is 19.8 Å². The Kier molecular flexibility index (Phi) is 7.50. The summed E-state index contributed by atoms with van der Waals surface area (Å²) in [6.07, 6.45) is 9.08. The molecule has 0 N–H and O–H groups in total. The van der Waals surface area contributed by atoms with Crippen molar-refractivity contribution in [3.8, 4) is 0 Å². The fourth-order valence-electron chi connectivity index (χ4n) is 3.85. The Bertz CT molecular complexity index is 509. The molecule has 0 saturated carbocycles. The zero-order valence-corrected chi connectivity index (χ0v) is 18.4. The summed E-state index contributed by atoms with van der Waals surface area (Å²) < 4.78 is 4.76. The molecule has 1 aromatic rings. The van der Waals surface area contributed by atoms with E-state index in [0.29, 0.717) is 10.8 Å². The summed E-state index contributed by atoms with van der Waals surface area (Å²) in [4.78, 5) is 8.89. The van der Waals surface area contributed by atoms with Crippen molar-refractivity contribution in [1.82, 2.24) is 4.57 Å². The fourth-order valence-corrected chi connectivity index (χ4v) is 3.85. The molecule has 0 unspecified atom stereocenters. The second kappa shape index (κ2) is 7.92. The lowest BCUT2D eigenvalue weighted by molar-refractivity contribution is -0.760. The average Bonchev–Trinajstić information content (AvgIpc) is 2.70. The van der Waals surface area contributed by atoms with Gasteiger partial charge in [-0.25, -0.2) is 9.13 Å². The largest absolute Gasteiger partial charge is 0.550 e. The third-order valence-electron chi connectivity index (χ3n) is 3.96. The Morgan fingerprint density at radius 1 is 0.920 bits per heavy atom. The quantitative estimate of drug-likeness (QED) is 0.772. The molecule has 0 aromatic carbocycles. The topological polar surface area (TPSA) is 48.9 Å². The molecule has 0 saturated heterocycles. The molecular weight excluding hydrogens is 312 g/mol. The van der Waals surface area contributed by atoms with Crippen LogP contribution in [0, 0.1) is 10.8 Å². The van der Waals surface area contributed by atoms with E-state index in [2.05, 4.69) is 97.1 Å². The maximum Gasteiger partial charge on any atom is 0.244 e. The van der Waals surface area contributed by atoms with E-state index in [9.17, 15) is 0 Å². The van der Waals surface area contributed by atoms with E-state index in [1.165, 1.54) is 0 Å². The summed E-state index contributed by atoms with van der Waals surface area (Å²) >= 11 is 0. The van der Waals surface area contributed by atoms with Gasteiger partial charge in [-0.05, 0) is 58.3 Å². The van der Waals surface area contributed by atoms with Crippen LogP contribution in [0.3, 0.4) is 0 Å². The van der Waals surface area contributed by atoms with Gasteiger partial charge in [0, 0.05) is 5.97 Å². The van der Waals surface area contributed by atoms with Crippen molar-refractivity contribution in [2.75, 3.05) is 0 Å². The van der Waals surface area contributed by atoms with Crippen LogP contribution in [0.5, 0.6) is 0 Å². The van der Waals surface area contributed by atoms with Gasteiger partial charge >= 0.3 is 0 Å². The lowest BCUT2D eigenvalue weighted by Crippen LogP contribution is -2.53. The zero-order valence-electron chi connectivity index (χ0n) is 18.4. The number of rotatable bonds is 4. The zero-order chi connectivity index (χ0) is 20.3. The number of imidazole rings is 1. The molecule has 0 atom stereocenters. The Labute approximate surface area is 155 Å². The van der Waals surface area contributed by atoms with E-state index in [1.54, 1.807) is 0 Å². The molecule has 0 aliphatic heterocycles. The molecule has 4 nitrogen and oxygen atoms in total. The molecular formula is C21H40N2O2. The van der Waals surface area contributed by atoms with Gasteiger partial charge in [-0.2, -0.15) is 0 Å². The molecule has 1 heterocycles. The summed E-state index contributed by atoms with van der Waals surface area (Å²) in [7, 11) is 0. The van der Waals surface area contributed by atoms with E-state index < -0.39 is 5.97 Å². The SMILES string of the molecule is CC(=O)[O-].CC(C)(C)CC(C)(C)n1cc[n+](C(C)(C)CC(C)(C)C)c1. The van der Waals surface area contributed by atoms with Gasteiger partial charge in [0.2, 0.25) is 6.33 Å². The number of carboxylic acids is 1. The van der Waals surface area contributed by atoms with Crippen LogP contribution in [-0.4, -0.2) is 10.5 Å². The predicted octanol–water partition coefficient (Wildman–Crippen LogP) is 3.87. The lowest BCUT2D eigenvalue weighted by atomic mass is 9.81. The maximum absolute atomic E-state index is 8.89. The number of carbonyl (C=O) groups is 1. The van der Waals surface area contributed by atoms with E-state index >= 15 is 0 Å². The highest BCUT2D eigenvalue weighted by Crippen LogP contribution is 2.32. The number of aliphatic carboxylic acids is 1. The highest BCUT2D eigenvalue weighted by Gasteiger charge is 2.35. The van der Waals surface area contributed by atoms with Gasteiger partial charge in [-0.3, -0.25) is 0 Å². The minimum atomic E-state index is -1.08. The minimum Gasteiger partial charge on any atom is -0.550 e. The van der Waals surface area contributed by atoms with E-state index in [-0.39, 0.29) is 11.1 Å². The first-order valence-electron chi connectivity index (χ1n) is 9.14. The number of hydrogen-bond acceptors (Lipinski definition) is 2. The molecule has 0 bridgehead atoms. The Balaban J connectivity index is 0.00000129. The molecule has 1 rings (SSSR count). The van der Waals surface area contributed by atoms with Crippen LogP contribution in [0.25, 0.3) is 0 Å². The van der Waals surface area contributed by atoms with Crippen molar-refractivity contribution in [1.29, 1.82) is 0 Å². The van der Waals surface area contributed by atoms with Crippen LogP contribution in [0.2, 0.25) is 0 Å². The van der Waals surface area contributed by atoms with Crippen LogP contribution in [0.15, 0.2) is 18.7 Å². The first-order chi connectivity index (χ1) is 10.9. The lowest BCUT2D eigenvalue weighted by Gasteiger charge is -2.31. The molecule has 0 spiro atoms. The Hall–Kier alpha value is -1.32. The molecule has 0 radical (unpaired) electrons. The molecule has 0 aliphatic rings. The summed E-state index contributed by atoms with van der Waals surface area (Å²) in [5.41, 5.74) is 0.946. The standard InChI is InChI=1S/C19H37N2.C2H4O2/c1-16(2,3)13-18(7,8)20-11-12-21(15-20)19(9,10)14-17(4,5)6;1-2(3)4/h11-12,15H,13-14H2,1-10H3;1H3,(H,3,4)/q+1;/p-1. The van der Waals surface area contributed by atoms with Crippen molar-refractivity contribution in [2.24, 2.45) is 10.8 Å². The smallest absolute Gasteiger partial charge is 0.244 e. The van der Waals surface area contributed by atoms with Gasteiger partial charge in [0.05, 0.1) is 0 Å². The molecule has 0 aliphatic carbocycles. The first kappa shape index (κ1) is 23.7. The van der Waals surface area contributed by atoms with Crippen molar-refractivity contribution in [2.45, 2.75) is 100 Å². The second-order valence-corrected chi connectivity index (χ2v) is 10.8. The van der Waals surface area contributed by atoms with Crippen LogP contribution >= 0.6 is 0 Å². The van der Waals surface area contributed by atoms with Crippen molar-refractivity contribution < 1.29 is 14.5 Å². The summed E-state index contributed by atoms with van der Waals surface area (Å²) in [6, 6.07) is 0. The number of aromatic nitrogens is 2. The fraction of sp³-hybridized carbons (Fsp3) is 0.810. The second-order valence-electron chi connectivity index (χ2n) is 10.8. The Morgan fingerprint density at radius 3 is 1.68 bits per heavy atom. The van der Waals surface area contributed by atoms with Gasteiger partial charge in [-0.1, -0.05) is 41.5 Å². The summed E-state index contributed by atoms with van der Waals surface area (Å²) in [5, 5.41) is 8.89. The molecule has 0 fully saturated rings. The van der Waals surface area contributed by atoms with E-state index in [4.69, 9.17) is 9.90 Å². The summed E-state index contributed by atoms with van der Waals surface area (Å²) in [6.45, 7) is 24.2. The van der Waals surface area contributed by atoms with Crippen molar-refractivity contribution in [3.63, 3.8) is 0 Å². The van der Waals surface area contributed by atoms with Crippen LogP contribution in [0.1, 0.15) is 89.0 Å². The van der Waals surface area contributed by atoms with Crippen molar-refractivity contribution in [3.05, 3.63) is 18.7 Å². The van der Waals surface area contributed by atoms with Gasteiger partial charge in [-0.15, -0.1) is 0 Å².